The van der Waals surface area contributed by atoms with Crippen molar-refractivity contribution >= 4 is 17.2 Å². The number of phenols is 1. The first kappa shape index (κ1) is 11.5. The second-order valence-corrected chi connectivity index (χ2v) is 4.55. The molecular formula is C16H13NO2. The smallest absolute Gasteiger partial charge is 0.150 e. The van der Waals surface area contributed by atoms with Gasteiger partial charge in [0.1, 0.15) is 12.0 Å². The molecule has 3 heteroatoms. The number of aldehydes is 1. The maximum Gasteiger partial charge on any atom is 0.150 e. The first-order valence-corrected chi connectivity index (χ1v) is 6.08. The van der Waals surface area contributed by atoms with E-state index in [-0.39, 0.29) is 5.75 Å². The molecule has 94 valence electrons. The zero-order chi connectivity index (χ0) is 13.2. The minimum absolute atomic E-state index is 0.275. The number of rotatable bonds is 3. The minimum Gasteiger partial charge on any atom is -0.508 e. The molecule has 1 heterocycles. The first-order valence-electron chi connectivity index (χ1n) is 6.08. The predicted octanol–water partition coefficient (Wildman–Crippen LogP) is 3.21. The monoisotopic (exact) mass is 251 g/mol. The number of aromatic hydroxyl groups is 1. The highest BCUT2D eigenvalue weighted by Gasteiger charge is 2.03. The van der Waals surface area contributed by atoms with E-state index in [4.69, 9.17) is 0 Å². The highest BCUT2D eigenvalue weighted by atomic mass is 16.3. The Bertz CT molecular complexity index is 743. The van der Waals surface area contributed by atoms with Crippen molar-refractivity contribution in [1.29, 1.82) is 0 Å². The van der Waals surface area contributed by atoms with Crippen LogP contribution >= 0.6 is 0 Å². The van der Waals surface area contributed by atoms with Crippen molar-refractivity contribution in [2.75, 3.05) is 0 Å². The Balaban J connectivity index is 1.99. The molecule has 0 radical (unpaired) electrons. The summed E-state index contributed by atoms with van der Waals surface area (Å²) in [4.78, 5) is 10.8. The molecule has 1 N–H and O–H groups in total. The topological polar surface area (TPSA) is 42.2 Å². The summed E-state index contributed by atoms with van der Waals surface area (Å²) in [6.07, 6.45) is 2.84. The number of nitrogens with zero attached hydrogens (tertiary/aromatic N) is 1. The van der Waals surface area contributed by atoms with Gasteiger partial charge in [-0.25, -0.2) is 0 Å². The van der Waals surface area contributed by atoms with Gasteiger partial charge in [0.05, 0.1) is 0 Å². The Hall–Kier alpha value is -2.55. The standard InChI is InChI=1S/C16H13NO2/c18-11-13-4-5-16-14(8-13)6-7-17(16)10-12-2-1-3-15(19)9-12/h1-9,11,19H,10H2. The second kappa shape index (κ2) is 4.61. The third-order valence-electron chi connectivity index (χ3n) is 3.19. The van der Waals surface area contributed by atoms with Crippen LogP contribution in [0.15, 0.2) is 54.7 Å². The molecule has 0 bridgehead atoms. The van der Waals surface area contributed by atoms with Gasteiger partial charge in [0, 0.05) is 29.2 Å². The second-order valence-electron chi connectivity index (χ2n) is 4.55. The normalized spacial score (nSPS) is 10.7. The molecule has 0 aliphatic carbocycles. The van der Waals surface area contributed by atoms with Crippen LogP contribution in [0.5, 0.6) is 5.75 Å². The van der Waals surface area contributed by atoms with E-state index in [1.165, 1.54) is 0 Å². The molecule has 0 saturated heterocycles. The number of hydrogen-bond donors (Lipinski definition) is 1. The van der Waals surface area contributed by atoms with Crippen molar-refractivity contribution in [2.24, 2.45) is 0 Å². The summed E-state index contributed by atoms with van der Waals surface area (Å²) >= 11 is 0. The Labute approximate surface area is 110 Å². The average molecular weight is 251 g/mol. The number of benzene rings is 2. The molecule has 19 heavy (non-hydrogen) atoms. The van der Waals surface area contributed by atoms with E-state index in [2.05, 4.69) is 4.57 Å². The van der Waals surface area contributed by atoms with Crippen molar-refractivity contribution in [2.45, 2.75) is 6.54 Å². The molecule has 0 atom stereocenters. The quantitative estimate of drug-likeness (QED) is 0.726. The van der Waals surface area contributed by atoms with Gasteiger partial charge in [0.2, 0.25) is 0 Å². The molecule has 1 aromatic heterocycles. The van der Waals surface area contributed by atoms with Crippen LogP contribution in [0.2, 0.25) is 0 Å². The molecule has 0 fully saturated rings. The van der Waals surface area contributed by atoms with E-state index < -0.39 is 0 Å². The van der Waals surface area contributed by atoms with Crippen molar-refractivity contribution in [3.05, 3.63) is 65.9 Å². The Morgan fingerprint density at radius 2 is 2.00 bits per heavy atom. The highest BCUT2D eigenvalue weighted by Crippen LogP contribution is 2.19. The van der Waals surface area contributed by atoms with Crippen LogP contribution < -0.4 is 0 Å². The summed E-state index contributed by atoms with van der Waals surface area (Å²) in [7, 11) is 0. The van der Waals surface area contributed by atoms with Crippen LogP contribution in [0.25, 0.3) is 10.9 Å². The largest absolute Gasteiger partial charge is 0.508 e. The number of fused-ring (bicyclic) bond motifs is 1. The number of aromatic nitrogens is 1. The van der Waals surface area contributed by atoms with Gasteiger partial charge in [0.25, 0.3) is 0 Å². The van der Waals surface area contributed by atoms with Crippen LogP contribution in [0.4, 0.5) is 0 Å². The fourth-order valence-corrected chi connectivity index (χ4v) is 2.28. The summed E-state index contributed by atoms with van der Waals surface area (Å²) in [5, 5.41) is 10.5. The van der Waals surface area contributed by atoms with E-state index in [0.29, 0.717) is 12.1 Å². The number of phenolic OH excluding ortho intramolecular Hbond substituents is 1. The summed E-state index contributed by atoms with van der Waals surface area (Å²) < 4.78 is 2.10. The molecule has 0 unspecified atom stereocenters. The van der Waals surface area contributed by atoms with E-state index in [0.717, 1.165) is 22.8 Å². The maximum atomic E-state index is 10.8. The van der Waals surface area contributed by atoms with Crippen LogP contribution in [0, 0.1) is 0 Å². The fraction of sp³-hybridized carbons (Fsp3) is 0.0625. The Kier molecular flexibility index (Phi) is 2.80. The van der Waals surface area contributed by atoms with Gasteiger partial charge in [-0.15, -0.1) is 0 Å². The summed E-state index contributed by atoms with van der Waals surface area (Å²) in [6.45, 7) is 0.693. The van der Waals surface area contributed by atoms with Gasteiger partial charge >= 0.3 is 0 Å². The van der Waals surface area contributed by atoms with Crippen molar-refractivity contribution in [3.8, 4) is 5.75 Å². The fourth-order valence-electron chi connectivity index (χ4n) is 2.28. The van der Waals surface area contributed by atoms with Gasteiger partial charge in [-0.3, -0.25) is 4.79 Å². The van der Waals surface area contributed by atoms with Crippen molar-refractivity contribution < 1.29 is 9.90 Å². The molecule has 3 aromatic rings. The molecule has 3 rings (SSSR count). The molecule has 2 aromatic carbocycles. The molecule has 0 spiro atoms. The molecular weight excluding hydrogens is 238 g/mol. The zero-order valence-corrected chi connectivity index (χ0v) is 10.3. The van der Waals surface area contributed by atoms with Crippen LogP contribution in [0.1, 0.15) is 15.9 Å². The highest BCUT2D eigenvalue weighted by molar-refractivity contribution is 5.87. The van der Waals surface area contributed by atoms with Crippen molar-refractivity contribution in [1.82, 2.24) is 4.57 Å². The van der Waals surface area contributed by atoms with Gasteiger partial charge in [0.15, 0.2) is 0 Å². The summed E-state index contributed by atoms with van der Waals surface area (Å²) in [5.74, 6) is 0.275. The predicted molar refractivity (Wildman–Crippen MR) is 74.5 cm³/mol. The van der Waals surface area contributed by atoms with E-state index >= 15 is 0 Å². The maximum absolute atomic E-state index is 10.8. The third-order valence-corrected chi connectivity index (χ3v) is 3.19. The van der Waals surface area contributed by atoms with Gasteiger partial charge in [-0.05, 0) is 42.0 Å². The van der Waals surface area contributed by atoms with Crippen molar-refractivity contribution in [3.63, 3.8) is 0 Å². The molecule has 0 amide bonds. The Morgan fingerprint density at radius 3 is 2.79 bits per heavy atom. The first-order chi connectivity index (χ1) is 9.26. The number of hydrogen-bond acceptors (Lipinski definition) is 2. The van der Waals surface area contributed by atoms with E-state index in [1.54, 1.807) is 12.1 Å². The minimum atomic E-state index is 0.275. The molecule has 0 aliphatic heterocycles. The van der Waals surface area contributed by atoms with E-state index in [1.807, 2.05) is 42.6 Å². The Morgan fingerprint density at radius 1 is 1.11 bits per heavy atom. The molecule has 0 aliphatic rings. The molecule has 0 saturated carbocycles. The van der Waals surface area contributed by atoms with Crippen LogP contribution in [-0.2, 0) is 6.54 Å². The lowest BCUT2D eigenvalue weighted by molar-refractivity contribution is 0.112. The van der Waals surface area contributed by atoms with Crippen LogP contribution in [-0.4, -0.2) is 16.0 Å². The summed E-state index contributed by atoms with van der Waals surface area (Å²) in [5.41, 5.74) is 2.80. The SMILES string of the molecule is O=Cc1ccc2c(ccn2Cc2cccc(O)c2)c1. The number of carbonyl (C=O) groups is 1. The zero-order valence-electron chi connectivity index (χ0n) is 10.3. The van der Waals surface area contributed by atoms with Gasteiger partial charge in [-0.1, -0.05) is 12.1 Å². The van der Waals surface area contributed by atoms with Crippen LogP contribution in [0.3, 0.4) is 0 Å². The lowest BCUT2D eigenvalue weighted by Gasteiger charge is -2.06. The number of carbonyl (C=O) groups excluding carboxylic acids is 1. The van der Waals surface area contributed by atoms with Gasteiger partial charge < -0.3 is 9.67 Å². The van der Waals surface area contributed by atoms with E-state index in [9.17, 15) is 9.90 Å². The molecule has 3 nitrogen and oxygen atoms in total. The lowest BCUT2D eigenvalue weighted by atomic mass is 10.1. The average Bonchev–Trinajstić information content (AvgIpc) is 2.81. The summed E-state index contributed by atoms with van der Waals surface area (Å²) in [6, 6.07) is 14.9. The lowest BCUT2D eigenvalue weighted by Crippen LogP contribution is -1.97. The third kappa shape index (κ3) is 2.22. The van der Waals surface area contributed by atoms with Gasteiger partial charge in [-0.2, -0.15) is 0 Å².